The molecule has 0 saturated carbocycles. The molecule has 0 aromatic heterocycles. The second-order valence-corrected chi connectivity index (χ2v) is 6.97. The Kier molecular flexibility index (Phi) is 6.54. The minimum Gasteiger partial charge on any atom is -0.489 e. The number of ether oxygens (including phenoxy) is 1. The van der Waals surface area contributed by atoms with Gasteiger partial charge in [-0.2, -0.15) is 0 Å². The van der Waals surface area contributed by atoms with E-state index in [1.807, 2.05) is 0 Å². The third-order valence-corrected chi connectivity index (χ3v) is 3.40. The number of hydrogen-bond acceptors (Lipinski definition) is 2. The average molecular weight is 277 g/mol. The van der Waals surface area contributed by atoms with Crippen LogP contribution in [0.4, 0.5) is 0 Å². The van der Waals surface area contributed by atoms with Crippen LogP contribution in [-0.4, -0.2) is 19.2 Å². The average Bonchev–Trinajstić information content (AvgIpc) is 2.36. The monoisotopic (exact) mass is 277 g/mol. The van der Waals surface area contributed by atoms with Crippen molar-refractivity contribution in [2.45, 2.75) is 59.5 Å². The Morgan fingerprint density at radius 1 is 1.05 bits per heavy atom. The van der Waals surface area contributed by atoms with Crippen molar-refractivity contribution in [1.82, 2.24) is 5.32 Å². The molecule has 1 N–H and O–H groups in total. The normalized spacial score (nSPS) is 13.6. The molecule has 1 aromatic rings. The molecule has 114 valence electrons. The van der Waals surface area contributed by atoms with E-state index >= 15 is 0 Å². The van der Waals surface area contributed by atoms with Crippen molar-refractivity contribution in [3.05, 3.63) is 29.8 Å². The van der Waals surface area contributed by atoms with E-state index in [1.54, 1.807) is 0 Å². The molecule has 1 unspecified atom stereocenters. The fraction of sp³-hybridized carbons (Fsp3) is 0.667. The molecule has 2 nitrogen and oxygen atoms in total. The predicted molar refractivity (Wildman–Crippen MR) is 87.6 cm³/mol. The van der Waals surface area contributed by atoms with Crippen molar-refractivity contribution < 1.29 is 4.74 Å². The molecule has 1 atom stereocenters. The lowest BCUT2D eigenvalue weighted by molar-refractivity contribution is 0.192. The predicted octanol–water partition coefficient (Wildman–Crippen LogP) is 4.39. The molecular weight excluding hydrogens is 246 g/mol. The molecule has 0 radical (unpaired) electrons. The van der Waals surface area contributed by atoms with Gasteiger partial charge in [0.05, 0.1) is 0 Å². The van der Waals surface area contributed by atoms with E-state index in [2.05, 4.69) is 71.1 Å². The second-order valence-electron chi connectivity index (χ2n) is 6.97. The molecule has 0 bridgehead atoms. The van der Waals surface area contributed by atoms with Gasteiger partial charge < -0.3 is 10.1 Å². The Morgan fingerprint density at radius 3 is 2.10 bits per heavy atom. The van der Waals surface area contributed by atoms with E-state index in [0.29, 0.717) is 5.92 Å². The van der Waals surface area contributed by atoms with E-state index in [0.717, 1.165) is 25.3 Å². The lowest BCUT2D eigenvalue weighted by atomic mass is 9.87. The highest BCUT2D eigenvalue weighted by Crippen LogP contribution is 2.24. The Hall–Kier alpha value is -1.02. The van der Waals surface area contributed by atoms with E-state index in [9.17, 15) is 0 Å². The van der Waals surface area contributed by atoms with Crippen LogP contribution in [0.1, 0.15) is 53.5 Å². The highest BCUT2D eigenvalue weighted by atomic mass is 16.5. The fourth-order valence-electron chi connectivity index (χ4n) is 2.03. The van der Waals surface area contributed by atoms with E-state index in [1.165, 1.54) is 5.56 Å². The first kappa shape index (κ1) is 17.0. The van der Waals surface area contributed by atoms with Gasteiger partial charge in [-0.3, -0.25) is 0 Å². The molecule has 20 heavy (non-hydrogen) atoms. The minimum atomic E-state index is 0.196. The Balaban J connectivity index is 2.53. The van der Waals surface area contributed by atoms with Gasteiger partial charge in [0.25, 0.3) is 0 Å². The molecule has 0 heterocycles. The summed E-state index contributed by atoms with van der Waals surface area (Å²) in [5.41, 5.74) is 1.54. The third kappa shape index (κ3) is 5.96. The van der Waals surface area contributed by atoms with E-state index in [-0.39, 0.29) is 11.5 Å². The van der Waals surface area contributed by atoms with Crippen molar-refractivity contribution in [2.24, 2.45) is 5.92 Å². The van der Waals surface area contributed by atoms with Crippen LogP contribution in [-0.2, 0) is 5.41 Å². The van der Waals surface area contributed by atoms with Gasteiger partial charge >= 0.3 is 0 Å². The van der Waals surface area contributed by atoms with Crippen molar-refractivity contribution in [2.75, 3.05) is 13.1 Å². The van der Waals surface area contributed by atoms with Gasteiger partial charge in [-0.15, -0.1) is 0 Å². The Morgan fingerprint density at radius 2 is 1.65 bits per heavy atom. The standard InChI is InChI=1S/C18H31NO/c1-7-16(13-19-12-14(2)3)20-17-10-8-15(9-11-17)18(4,5)6/h8-11,14,16,19H,7,12-13H2,1-6H3. The zero-order valence-corrected chi connectivity index (χ0v) is 14.0. The molecular formula is C18H31NO. The highest BCUT2D eigenvalue weighted by molar-refractivity contribution is 5.31. The van der Waals surface area contributed by atoms with Crippen LogP contribution in [0.25, 0.3) is 0 Å². The first-order chi connectivity index (χ1) is 9.32. The Labute approximate surface area is 124 Å². The first-order valence-corrected chi connectivity index (χ1v) is 7.80. The summed E-state index contributed by atoms with van der Waals surface area (Å²) in [4.78, 5) is 0. The van der Waals surface area contributed by atoms with Crippen LogP contribution < -0.4 is 10.1 Å². The van der Waals surface area contributed by atoms with Crippen LogP contribution in [0.2, 0.25) is 0 Å². The second kappa shape index (κ2) is 7.68. The number of nitrogens with one attached hydrogen (secondary N) is 1. The largest absolute Gasteiger partial charge is 0.489 e. The van der Waals surface area contributed by atoms with Crippen LogP contribution in [0.15, 0.2) is 24.3 Å². The lowest BCUT2D eigenvalue weighted by Crippen LogP contribution is -2.33. The van der Waals surface area contributed by atoms with Gasteiger partial charge in [0, 0.05) is 6.54 Å². The zero-order valence-electron chi connectivity index (χ0n) is 14.0. The first-order valence-electron chi connectivity index (χ1n) is 7.80. The van der Waals surface area contributed by atoms with E-state index < -0.39 is 0 Å². The molecule has 0 fully saturated rings. The highest BCUT2D eigenvalue weighted by Gasteiger charge is 2.14. The van der Waals surface area contributed by atoms with Gasteiger partial charge in [0.2, 0.25) is 0 Å². The maximum absolute atomic E-state index is 6.05. The molecule has 1 rings (SSSR count). The topological polar surface area (TPSA) is 21.3 Å². The van der Waals surface area contributed by atoms with Crippen molar-refractivity contribution in [3.63, 3.8) is 0 Å². The van der Waals surface area contributed by atoms with Crippen molar-refractivity contribution in [1.29, 1.82) is 0 Å². The molecule has 0 aliphatic heterocycles. The SMILES string of the molecule is CCC(CNCC(C)C)Oc1ccc(C(C)(C)C)cc1. The van der Waals surface area contributed by atoms with Gasteiger partial charge in [-0.1, -0.05) is 53.7 Å². The number of hydrogen-bond donors (Lipinski definition) is 1. The van der Waals surface area contributed by atoms with E-state index in [4.69, 9.17) is 4.74 Å². The third-order valence-electron chi connectivity index (χ3n) is 3.40. The molecule has 0 amide bonds. The summed E-state index contributed by atoms with van der Waals surface area (Å²) in [5.74, 6) is 1.65. The Bertz CT molecular complexity index is 375. The van der Waals surface area contributed by atoms with Gasteiger partial charge in [-0.05, 0) is 42.0 Å². The quantitative estimate of drug-likeness (QED) is 0.798. The van der Waals surface area contributed by atoms with Gasteiger partial charge in [0.1, 0.15) is 11.9 Å². The molecule has 2 heteroatoms. The van der Waals surface area contributed by atoms with Gasteiger partial charge in [-0.25, -0.2) is 0 Å². The zero-order chi connectivity index (χ0) is 15.2. The minimum absolute atomic E-state index is 0.196. The number of rotatable bonds is 7. The maximum Gasteiger partial charge on any atom is 0.119 e. The number of benzene rings is 1. The summed E-state index contributed by atoms with van der Waals surface area (Å²) < 4.78 is 6.05. The van der Waals surface area contributed by atoms with Crippen molar-refractivity contribution in [3.8, 4) is 5.75 Å². The molecule has 0 saturated heterocycles. The van der Waals surface area contributed by atoms with Crippen LogP contribution in [0.5, 0.6) is 5.75 Å². The van der Waals surface area contributed by atoms with Gasteiger partial charge in [0.15, 0.2) is 0 Å². The lowest BCUT2D eigenvalue weighted by Gasteiger charge is -2.21. The summed E-state index contributed by atoms with van der Waals surface area (Å²) >= 11 is 0. The summed E-state index contributed by atoms with van der Waals surface area (Å²) in [6.07, 6.45) is 1.26. The summed E-state index contributed by atoms with van der Waals surface area (Å²) in [6, 6.07) is 8.52. The molecule has 0 aliphatic carbocycles. The van der Waals surface area contributed by atoms with Crippen LogP contribution >= 0.6 is 0 Å². The fourth-order valence-corrected chi connectivity index (χ4v) is 2.03. The summed E-state index contributed by atoms with van der Waals surface area (Å²) in [6.45, 7) is 15.3. The van der Waals surface area contributed by atoms with Crippen LogP contribution in [0, 0.1) is 5.92 Å². The molecule has 1 aromatic carbocycles. The molecule has 0 aliphatic rings. The van der Waals surface area contributed by atoms with Crippen molar-refractivity contribution >= 4 is 0 Å². The summed E-state index contributed by atoms with van der Waals surface area (Å²) in [7, 11) is 0. The molecule has 0 spiro atoms. The maximum atomic E-state index is 6.05. The summed E-state index contributed by atoms with van der Waals surface area (Å²) in [5, 5.41) is 3.47. The van der Waals surface area contributed by atoms with Crippen LogP contribution in [0.3, 0.4) is 0 Å². The smallest absolute Gasteiger partial charge is 0.119 e.